The first-order valence-corrected chi connectivity index (χ1v) is 10.4. The van der Waals surface area contributed by atoms with Gasteiger partial charge in [0.15, 0.2) is 0 Å². The Hall–Kier alpha value is -0.780. The summed E-state index contributed by atoms with van der Waals surface area (Å²) < 4.78 is 0. The Balaban J connectivity index is 1.72. The van der Waals surface area contributed by atoms with E-state index in [1.165, 1.54) is 108 Å². The van der Waals surface area contributed by atoms with Gasteiger partial charge in [0.1, 0.15) is 0 Å². The van der Waals surface area contributed by atoms with Crippen LogP contribution in [-0.4, -0.2) is 0 Å². The van der Waals surface area contributed by atoms with Crippen LogP contribution < -0.4 is 0 Å². The van der Waals surface area contributed by atoms with E-state index >= 15 is 0 Å². The van der Waals surface area contributed by atoms with Crippen LogP contribution in [-0.2, 0) is 6.42 Å². The standard InChI is InChI=1S/C23H39/c1-2-3-4-5-6-7-8-9-10-11-12-13-14-15-17-20-23-21-18-16-19-22-23/h16,18,21-22H,2-15,17,20H2,1H3. The number of rotatable bonds is 16. The predicted molar refractivity (Wildman–Crippen MR) is 104 cm³/mol. The summed E-state index contributed by atoms with van der Waals surface area (Å²) in [7, 11) is 0. The van der Waals surface area contributed by atoms with Crippen LogP contribution in [0.4, 0.5) is 0 Å². The topological polar surface area (TPSA) is 0 Å². The maximum absolute atomic E-state index is 3.16. The molecular formula is C23H39. The lowest BCUT2D eigenvalue weighted by molar-refractivity contribution is 0.532. The Morgan fingerprint density at radius 2 is 1.13 bits per heavy atom. The minimum Gasteiger partial charge on any atom is -0.0654 e. The molecule has 0 saturated heterocycles. The van der Waals surface area contributed by atoms with Gasteiger partial charge in [-0.25, -0.2) is 0 Å². The third kappa shape index (κ3) is 13.4. The highest BCUT2D eigenvalue weighted by Crippen LogP contribution is 2.14. The van der Waals surface area contributed by atoms with E-state index in [1.54, 1.807) is 0 Å². The van der Waals surface area contributed by atoms with Gasteiger partial charge in [0.25, 0.3) is 0 Å². The Labute approximate surface area is 146 Å². The van der Waals surface area contributed by atoms with Crippen molar-refractivity contribution in [2.24, 2.45) is 0 Å². The molecule has 0 aromatic heterocycles. The lowest BCUT2D eigenvalue weighted by atomic mass is 10.0. The zero-order valence-corrected chi connectivity index (χ0v) is 15.6. The van der Waals surface area contributed by atoms with Gasteiger partial charge in [0, 0.05) is 0 Å². The number of aryl methyl sites for hydroxylation is 1. The third-order valence-electron chi connectivity index (χ3n) is 4.84. The summed E-state index contributed by atoms with van der Waals surface area (Å²) in [5, 5.41) is 0. The molecule has 1 rings (SSSR count). The van der Waals surface area contributed by atoms with E-state index in [9.17, 15) is 0 Å². The van der Waals surface area contributed by atoms with Gasteiger partial charge in [-0.2, -0.15) is 0 Å². The van der Waals surface area contributed by atoms with Crippen molar-refractivity contribution in [2.45, 2.75) is 110 Å². The van der Waals surface area contributed by atoms with Crippen molar-refractivity contribution in [1.29, 1.82) is 0 Å². The fraction of sp³-hybridized carbons (Fsp3) is 0.739. The van der Waals surface area contributed by atoms with Crippen molar-refractivity contribution in [3.05, 3.63) is 35.9 Å². The van der Waals surface area contributed by atoms with Gasteiger partial charge in [0.05, 0.1) is 0 Å². The van der Waals surface area contributed by atoms with Gasteiger partial charge in [-0.05, 0) is 24.5 Å². The molecule has 1 aromatic rings. The van der Waals surface area contributed by atoms with E-state index in [1.807, 2.05) is 6.07 Å². The number of hydrogen-bond acceptors (Lipinski definition) is 0. The third-order valence-corrected chi connectivity index (χ3v) is 4.84. The summed E-state index contributed by atoms with van der Waals surface area (Å²) in [6.07, 6.45) is 22.8. The molecule has 0 aliphatic rings. The molecule has 0 aliphatic heterocycles. The lowest BCUT2D eigenvalue weighted by Crippen LogP contribution is -1.86. The largest absolute Gasteiger partial charge is 0.0654 e. The molecule has 0 heteroatoms. The van der Waals surface area contributed by atoms with Crippen LogP contribution in [0.3, 0.4) is 0 Å². The van der Waals surface area contributed by atoms with Gasteiger partial charge in [-0.3, -0.25) is 0 Å². The smallest absolute Gasteiger partial charge is 0.0181 e. The average Bonchev–Trinajstić information content (AvgIpc) is 2.59. The number of unbranched alkanes of at least 4 members (excludes halogenated alkanes) is 14. The van der Waals surface area contributed by atoms with Crippen molar-refractivity contribution in [3.63, 3.8) is 0 Å². The molecule has 0 unspecified atom stereocenters. The van der Waals surface area contributed by atoms with Gasteiger partial charge in [-0.15, -0.1) is 0 Å². The molecule has 0 spiro atoms. The SMILES string of the molecule is CCCCCCCCCCCCCCCCCc1c[c]ccc1. The molecule has 0 saturated carbocycles. The Kier molecular flexibility index (Phi) is 14.2. The summed E-state index contributed by atoms with van der Waals surface area (Å²) in [5.74, 6) is 0. The van der Waals surface area contributed by atoms with Crippen LogP contribution in [0.5, 0.6) is 0 Å². The maximum atomic E-state index is 3.16. The van der Waals surface area contributed by atoms with Crippen molar-refractivity contribution in [3.8, 4) is 0 Å². The molecule has 23 heavy (non-hydrogen) atoms. The average molecular weight is 316 g/mol. The van der Waals surface area contributed by atoms with E-state index < -0.39 is 0 Å². The fourth-order valence-corrected chi connectivity index (χ4v) is 3.29. The summed E-state index contributed by atoms with van der Waals surface area (Å²) in [5.41, 5.74) is 1.45. The van der Waals surface area contributed by atoms with Crippen molar-refractivity contribution < 1.29 is 0 Å². The van der Waals surface area contributed by atoms with E-state index in [2.05, 4.69) is 31.2 Å². The van der Waals surface area contributed by atoms with Gasteiger partial charge in [-0.1, -0.05) is 121 Å². The zero-order valence-electron chi connectivity index (χ0n) is 15.6. The molecule has 0 amide bonds. The molecule has 131 valence electrons. The van der Waals surface area contributed by atoms with Crippen LogP contribution in [0.2, 0.25) is 0 Å². The van der Waals surface area contributed by atoms with Crippen molar-refractivity contribution in [2.75, 3.05) is 0 Å². The summed E-state index contributed by atoms with van der Waals surface area (Å²) >= 11 is 0. The second-order valence-electron chi connectivity index (χ2n) is 7.11. The summed E-state index contributed by atoms with van der Waals surface area (Å²) in [6, 6.07) is 11.6. The monoisotopic (exact) mass is 315 g/mol. The first kappa shape index (κ1) is 20.3. The molecule has 1 radical (unpaired) electrons. The molecule has 0 bridgehead atoms. The molecule has 0 nitrogen and oxygen atoms in total. The summed E-state index contributed by atoms with van der Waals surface area (Å²) in [4.78, 5) is 0. The minimum atomic E-state index is 1.23. The lowest BCUT2D eigenvalue weighted by Gasteiger charge is -2.04. The molecule has 0 atom stereocenters. The maximum Gasteiger partial charge on any atom is -0.0181 e. The predicted octanol–water partition coefficient (Wildman–Crippen LogP) is 7.90. The van der Waals surface area contributed by atoms with Gasteiger partial charge < -0.3 is 0 Å². The zero-order chi connectivity index (χ0) is 16.4. The molecule has 0 N–H and O–H groups in total. The van der Waals surface area contributed by atoms with Crippen LogP contribution in [0.1, 0.15) is 109 Å². The van der Waals surface area contributed by atoms with E-state index in [-0.39, 0.29) is 0 Å². The van der Waals surface area contributed by atoms with Crippen molar-refractivity contribution >= 4 is 0 Å². The first-order chi connectivity index (χ1) is 11.4. The number of benzene rings is 1. The quantitative estimate of drug-likeness (QED) is 0.272. The Morgan fingerprint density at radius 1 is 0.652 bits per heavy atom. The Morgan fingerprint density at radius 3 is 1.57 bits per heavy atom. The van der Waals surface area contributed by atoms with E-state index in [4.69, 9.17) is 0 Å². The second kappa shape index (κ2) is 16.1. The van der Waals surface area contributed by atoms with Crippen LogP contribution >= 0.6 is 0 Å². The van der Waals surface area contributed by atoms with Crippen LogP contribution in [0, 0.1) is 6.07 Å². The fourth-order valence-electron chi connectivity index (χ4n) is 3.29. The second-order valence-corrected chi connectivity index (χ2v) is 7.11. The molecule has 0 aliphatic carbocycles. The molecular weight excluding hydrogens is 276 g/mol. The molecule has 0 fully saturated rings. The van der Waals surface area contributed by atoms with Gasteiger partial charge >= 0.3 is 0 Å². The highest BCUT2D eigenvalue weighted by atomic mass is 14.0. The first-order valence-electron chi connectivity index (χ1n) is 10.4. The van der Waals surface area contributed by atoms with Crippen LogP contribution in [0.15, 0.2) is 24.3 Å². The Bertz CT molecular complexity index is 327. The molecule has 1 aromatic carbocycles. The van der Waals surface area contributed by atoms with Gasteiger partial charge in [0.2, 0.25) is 0 Å². The van der Waals surface area contributed by atoms with Crippen molar-refractivity contribution in [1.82, 2.24) is 0 Å². The minimum absolute atomic E-state index is 1.23. The van der Waals surface area contributed by atoms with E-state index in [0.29, 0.717) is 0 Å². The number of hydrogen-bond donors (Lipinski definition) is 0. The normalized spacial score (nSPS) is 11.0. The highest BCUT2D eigenvalue weighted by molar-refractivity contribution is 5.13. The summed E-state index contributed by atoms with van der Waals surface area (Å²) in [6.45, 7) is 2.29. The highest BCUT2D eigenvalue weighted by Gasteiger charge is 1.95. The van der Waals surface area contributed by atoms with E-state index in [0.717, 1.165) is 0 Å². The molecule has 0 heterocycles. The van der Waals surface area contributed by atoms with Crippen LogP contribution in [0.25, 0.3) is 0 Å².